The van der Waals surface area contributed by atoms with Gasteiger partial charge in [-0.15, -0.1) is 0 Å². The number of furan rings is 1. The van der Waals surface area contributed by atoms with Crippen molar-refractivity contribution in [2.75, 3.05) is 13.2 Å². The lowest BCUT2D eigenvalue weighted by Crippen LogP contribution is -2.18. The van der Waals surface area contributed by atoms with Crippen molar-refractivity contribution in [1.29, 1.82) is 0 Å². The van der Waals surface area contributed by atoms with Gasteiger partial charge in [0.2, 0.25) is 5.78 Å². The molecule has 0 aromatic carbocycles. The van der Waals surface area contributed by atoms with Gasteiger partial charge in [0.05, 0.1) is 6.10 Å². The summed E-state index contributed by atoms with van der Waals surface area (Å²) in [7, 11) is 0. The zero-order valence-corrected chi connectivity index (χ0v) is 16.0. The summed E-state index contributed by atoms with van der Waals surface area (Å²) in [5, 5.41) is 0. The van der Waals surface area contributed by atoms with Gasteiger partial charge in [0, 0.05) is 36.2 Å². The van der Waals surface area contributed by atoms with Crippen molar-refractivity contribution in [3.05, 3.63) is 52.7 Å². The van der Waals surface area contributed by atoms with Gasteiger partial charge in [-0.05, 0) is 57.9 Å². The molecule has 3 heterocycles. The maximum absolute atomic E-state index is 12.5. The highest BCUT2D eigenvalue weighted by molar-refractivity contribution is 6.00. The van der Waals surface area contributed by atoms with Gasteiger partial charge < -0.3 is 18.5 Å². The minimum absolute atomic E-state index is 0.200. The molecular formula is C21H25NO5. The summed E-state index contributed by atoms with van der Waals surface area (Å²) in [6.45, 7) is 6.97. The van der Waals surface area contributed by atoms with Gasteiger partial charge in [-0.3, -0.25) is 4.79 Å². The third-order valence-corrected chi connectivity index (χ3v) is 4.77. The van der Waals surface area contributed by atoms with E-state index >= 15 is 0 Å². The van der Waals surface area contributed by atoms with Crippen LogP contribution in [0.2, 0.25) is 0 Å². The van der Waals surface area contributed by atoms with Crippen LogP contribution in [0.1, 0.15) is 46.1 Å². The van der Waals surface area contributed by atoms with Crippen molar-refractivity contribution >= 4 is 17.8 Å². The Morgan fingerprint density at radius 1 is 1.30 bits per heavy atom. The van der Waals surface area contributed by atoms with E-state index < -0.39 is 5.97 Å². The second kappa shape index (κ2) is 8.39. The number of carbonyl (C=O) groups excluding carboxylic acids is 2. The van der Waals surface area contributed by atoms with E-state index in [2.05, 4.69) is 4.57 Å². The molecule has 3 rings (SSSR count). The van der Waals surface area contributed by atoms with Crippen LogP contribution in [0.25, 0.3) is 6.08 Å². The molecule has 0 unspecified atom stereocenters. The molecule has 2 aromatic rings. The lowest BCUT2D eigenvalue weighted by Gasteiger charge is -2.14. The monoisotopic (exact) mass is 371 g/mol. The Labute approximate surface area is 158 Å². The molecule has 27 heavy (non-hydrogen) atoms. The summed E-state index contributed by atoms with van der Waals surface area (Å²) in [5.74, 6) is 0.535. The van der Waals surface area contributed by atoms with Crippen LogP contribution < -0.4 is 0 Å². The number of ketones is 1. The van der Waals surface area contributed by atoms with Crippen LogP contribution in [0.15, 0.2) is 28.7 Å². The molecule has 1 aliphatic heterocycles. The maximum atomic E-state index is 12.5. The van der Waals surface area contributed by atoms with Crippen LogP contribution in [0.4, 0.5) is 0 Å². The van der Waals surface area contributed by atoms with Crippen LogP contribution in [-0.4, -0.2) is 35.6 Å². The number of rotatable bonds is 7. The molecular weight excluding hydrogens is 346 g/mol. The van der Waals surface area contributed by atoms with Crippen LogP contribution in [0.3, 0.4) is 0 Å². The van der Waals surface area contributed by atoms with Crippen molar-refractivity contribution in [2.24, 2.45) is 0 Å². The molecule has 0 amide bonds. The second-order valence-corrected chi connectivity index (χ2v) is 6.84. The van der Waals surface area contributed by atoms with E-state index in [1.165, 1.54) is 12.2 Å². The average molecular weight is 371 g/mol. The number of hydrogen-bond donors (Lipinski definition) is 0. The normalized spacial score (nSPS) is 16.9. The Balaban J connectivity index is 1.57. The van der Waals surface area contributed by atoms with Gasteiger partial charge in [-0.2, -0.15) is 0 Å². The van der Waals surface area contributed by atoms with Crippen molar-refractivity contribution in [3.63, 3.8) is 0 Å². The Kier molecular flexibility index (Phi) is 5.96. The van der Waals surface area contributed by atoms with E-state index in [1.54, 1.807) is 12.1 Å². The van der Waals surface area contributed by atoms with Gasteiger partial charge in [0.25, 0.3) is 0 Å². The van der Waals surface area contributed by atoms with Gasteiger partial charge in [-0.25, -0.2) is 4.79 Å². The van der Waals surface area contributed by atoms with Gasteiger partial charge in [0.1, 0.15) is 11.5 Å². The predicted octanol–water partition coefficient (Wildman–Crippen LogP) is 3.62. The lowest BCUT2D eigenvalue weighted by atomic mass is 10.1. The van der Waals surface area contributed by atoms with Gasteiger partial charge in [0.15, 0.2) is 6.61 Å². The highest BCUT2D eigenvalue weighted by atomic mass is 16.5. The number of esters is 1. The van der Waals surface area contributed by atoms with E-state index in [1.807, 2.05) is 26.8 Å². The number of Topliss-reactive ketones (excluding diaryl/α,β-unsaturated/α-hetero) is 1. The summed E-state index contributed by atoms with van der Waals surface area (Å²) in [6, 6.07) is 5.41. The molecule has 0 N–H and O–H groups in total. The molecule has 1 aliphatic rings. The van der Waals surface area contributed by atoms with Crippen LogP contribution in [0, 0.1) is 20.8 Å². The fourth-order valence-electron chi connectivity index (χ4n) is 3.31. The van der Waals surface area contributed by atoms with Crippen molar-refractivity contribution in [2.45, 2.75) is 46.3 Å². The highest BCUT2D eigenvalue weighted by Gasteiger charge is 2.21. The minimum Gasteiger partial charge on any atom is -0.462 e. The third kappa shape index (κ3) is 4.77. The average Bonchev–Trinajstić information content (AvgIpc) is 3.36. The Morgan fingerprint density at radius 3 is 2.78 bits per heavy atom. The molecule has 1 atom stereocenters. The van der Waals surface area contributed by atoms with Crippen molar-refractivity contribution < 1.29 is 23.5 Å². The quantitative estimate of drug-likeness (QED) is 0.422. The van der Waals surface area contributed by atoms with E-state index in [-0.39, 0.29) is 18.5 Å². The number of carbonyl (C=O) groups is 2. The fraction of sp³-hybridized carbons (Fsp3) is 0.429. The summed E-state index contributed by atoms with van der Waals surface area (Å²) < 4.78 is 18.2. The molecule has 6 heteroatoms. The zero-order valence-electron chi connectivity index (χ0n) is 16.0. The molecule has 0 radical (unpaired) electrons. The summed E-state index contributed by atoms with van der Waals surface area (Å²) in [5.41, 5.74) is 2.47. The van der Waals surface area contributed by atoms with Crippen molar-refractivity contribution in [3.8, 4) is 0 Å². The van der Waals surface area contributed by atoms with E-state index in [4.69, 9.17) is 13.9 Å². The van der Waals surface area contributed by atoms with Crippen LogP contribution >= 0.6 is 0 Å². The molecule has 1 saturated heterocycles. The molecule has 1 fully saturated rings. The molecule has 2 aromatic heterocycles. The van der Waals surface area contributed by atoms with Crippen LogP contribution in [0.5, 0.6) is 0 Å². The fourth-order valence-corrected chi connectivity index (χ4v) is 3.31. The Bertz CT molecular complexity index is 852. The topological polar surface area (TPSA) is 70.7 Å². The first-order valence-corrected chi connectivity index (χ1v) is 9.17. The number of aryl methyl sites for hydroxylation is 2. The first kappa shape index (κ1) is 19.2. The largest absolute Gasteiger partial charge is 0.462 e. The number of aromatic nitrogens is 1. The minimum atomic E-state index is -0.578. The second-order valence-electron chi connectivity index (χ2n) is 6.84. The first-order valence-electron chi connectivity index (χ1n) is 9.17. The Morgan fingerprint density at radius 2 is 2.11 bits per heavy atom. The van der Waals surface area contributed by atoms with E-state index in [0.717, 1.165) is 43.1 Å². The number of nitrogens with zero attached hydrogens (tertiary/aromatic N) is 1. The summed E-state index contributed by atoms with van der Waals surface area (Å²) >= 11 is 0. The molecule has 0 spiro atoms. The Hall–Kier alpha value is -2.60. The third-order valence-electron chi connectivity index (χ3n) is 4.77. The van der Waals surface area contributed by atoms with E-state index in [0.29, 0.717) is 11.3 Å². The first-order chi connectivity index (χ1) is 12.9. The smallest absolute Gasteiger partial charge is 0.331 e. The van der Waals surface area contributed by atoms with E-state index in [9.17, 15) is 9.59 Å². The summed E-state index contributed by atoms with van der Waals surface area (Å²) in [4.78, 5) is 24.3. The van der Waals surface area contributed by atoms with Gasteiger partial charge in [-0.1, -0.05) is 0 Å². The molecule has 0 aliphatic carbocycles. The molecule has 0 bridgehead atoms. The number of ether oxygens (including phenoxy) is 2. The zero-order chi connectivity index (χ0) is 19.4. The SMILES string of the molecule is Cc1ccc(/C=C/C(=O)OCC(=O)c2cc(C)n(C[C@@H]3CCCO3)c2C)o1. The number of hydrogen-bond acceptors (Lipinski definition) is 5. The molecule has 0 saturated carbocycles. The standard InChI is InChI=1S/C21H25NO5/c1-14-11-19(16(3)22(14)12-18-5-4-10-25-18)20(23)13-26-21(24)9-8-17-7-6-15(2)27-17/h6-9,11,18H,4-5,10,12-13H2,1-3H3/b9-8+/t18-/m0/s1. The van der Waals surface area contributed by atoms with Crippen molar-refractivity contribution in [1.82, 2.24) is 4.57 Å². The maximum Gasteiger partial charge on any atom is 0.331 e. The van der Waals surface area contributed by atoms with Crippen LogP contribution in [-0.2, 0) is 20.8 Å². The summed E-state index contributed by atoms with van der Waals surface area (Å²) in [6.07, 6.45) is 5.10. The molecule has 6 nitrogen and oxygen atoms in total. The highest BCUT2D eigenvalue weighted by Crippen LogP contribution is 2.20. The van der Waals surface area contributed by atoms with Gasteiger partial charge >= 0.3 is 5.97 Å². The molecule has 144 valence electrons. The lowest BCUT2D eigenvalue weighted by molar-refractivity contribution is -0.136. The predicted molar refractivity (Wildman–Crippen MR) is 101 cm³/mol.